The topological polar surface area (TPSA) is 46.5 Å². The fraction of sp³-hybridized carbons (Fsp3) is 0.889. The highest BCUT2D eigenvalue weighted by atomic mass is 31.2. The molecule has 0 unspecified atom stereocenters. The van der Waals surface area contributed by atoms with Gasteiger partial charge in [0.2, 0.25) is 11.7 Å². The van der Waals surface area contributed by atoms with Crippen molar-refractivity contribution in [2.75, 3.05) is 0 Å². The van der Waals surface area contributed by atoms with Gasteiger partial charge in [0.25, 0.3) is 0 Å². The van der Waals surface area contributed by atoms with E-state index in [1.54, 1.807) is 0 Å². The monoisotopic (exact) mass is 383 g/mol. The van der Waals surface area contributed by atoms with Gasteiger partial charge in [-0.15, -0.1) is 0 Å². The summed E-state index contributed by atoms with van der Waals surface area (Å²) in [6.45, 7) is 18.6. The van der Waals surface area contributed by atoms with Crippen LogP contribution in [-0.4, -0.2) is 33.3 Å². The van der Waals surface area contributed by atoms with E-state index in [0.29, 0.717) is 0 Å². The molecule has 0 fully saturated rings. The zero-order valence-electron chi connectivity index (χ0n) is 17.0. The van der Waals surface area contributed by atoms with Crippen LogP contribution >= 0.6 is 7.05 Å². The molecule has 0 saturated carbocycles. The zero-order chi connectivity index (χ0) is 20.5. The molecule has 0 atom stereocenters. The number of hydrogen-bond donors (Lipinski definition) is 0. The number of carbonyl (C=O) groups excluding carboxylic acids is 2. The Balaban J connectivity index is 5.71. The summed E-state index contributed by atoms with van der Waals surface area (Å²) in [6, 6.07) is 0. The van der Waals surface area contributed by atoms with E-state index in [0.717, 1.165) is 0 Å². The number of nitrogens with zero attached hydrogens (tertiary/aromatic N) is 1. The Bertz CT molecular complexity index is 516. The fourth-order valence-electron chi connectivity index (χ4n) is 4.23. The van der Waals surface area contributed by atoms with Gasteiger partial charge < -0.3 is 0 Å². The molecule has 0 aliphatic heterocycles. The molecule has 0 aromatic carbocycles. The Hall–Kier alpha value is -0.640. The van der Waals surface area contributed by atoms with Crippen LogP contribution in [0.2, 0.25) is 0 Å². The number of Topliss-reactive ketones (excluding diaryl/α,β-unsaturated/α-hetero) is 1. The van der Waals surface area contributed by atoms with Gasteiger partial charge in [0.15, 0.2) is 0 Å². The van der Waals surface area contributed by atoms with Gasteiger partial charge in [-0.1, -0.05) is 62.3 Å². The first-order valence-electron chi connectivity index (χ1n) is 8.53. The highest BCUT2D eigenvalue weighted by molar-refractivity contribution is 7.71. The molecule has 0 aromatic heterocycles. The van der Waals surface area contributed by atoms with Crippen molar-refractivity contribution in [3.63, 3.8) is 0 Å². The van der Waals surface area contributed by atoms with Crippen molar-refractivity contribution in [3.8, 4) is 0 Å². The number of alkyl halides is 3. The number of rotatable bonds is 4. The summed E-state index contributed by atoms with van der Waals surface area (Å²) in [4.78, 5) is 23.4. The fourth-order valence-corrected chi connectivity index (χ4v) is 11.6. The molecule has 0 heterocycles. The molecule has 3 nitrogen and oxygen atoms in total. The van der Waals surface area contributed by atoms with Gasteiger partial charge in [-0.3, -0.25) is 9.59 Å². The summed E-state index contributed by atoms with van der Waals surface area (Å²) in [5.41, 5.74) is 0. The lowest BCUT2D eigenvalue weighted by molar-refractivity contribution is -0.171. The molecule has 0 aromatic rings. The lowest BCUT2D eigenvalue weighted by Gasteiger charge is -2.54. The van der Waals surface area contributed by atoms with Crippen molar-refractivity contribution in [1.29, 1.82) is 0 Å². The Morgan fingerprint density at radius 2 is 1.12 bits per heavy atom. The van der Waals surface area contributed by atoms with E-state index in [9.17, 15) is 22.8 Å². The first kappa shape index (κ1) is 24.4. The van der Waals surface area contributed by atoms with Gasteiger partial charge in [-0.25, -0.2) is 4.74 Å². The molecule has 1 amide bonds. The van der Waals surface area contributed by atoms with E-state index in [1.165, 1.54) is 0 Å². The molecular formula is C18H33F3NO2P. The molecule has 0 rings (SSSR count). The number of halogens is 3. The van der Waals surface area contributed by atoms with Gasteiger partial charge in [0.1, 0.15) is 0 Å². The quantitative estimate of drug-likeness (QED) is 0.527. The average Bonchev–Trinajstić information content (AvgIpc) is 2.29. The Morgan fingerprint density at radius 1 is 0.760 bits per heavy atom. The second-order valence-electron chi connectivity index (χ2n) is 9.42. The summed E-state index contributed by atoms with van der Waals surface area (Å²) in [6.07, 6.45) is -5.76. The second kappa shape index (κ2) is 7.54. The van der Waals surface area contributed by atoms with Crippen LogP contribution in [0.5, 0.6) is 0 Å². The predicted molar refractivity (Wildman–Crippen MR) is 98.5 cm³/mol. The Morgan fingerprint density at radius 3 is 1.40 bits per heavy atom. The van der Waals surface area contributed by atoms with Crippen molar-refractivity contribution in [1.82, 2.24) is 0 Å². The van der Waals surface area contributed by atoms with Gasteiger partial charge in [-0.2, -0.15) is 13.2 Å². The molecule has 148 valence electrons. The molecule has 0 bridgehead atoms. The number of amides is 1. The first-order chi connectivity index (χ1) is 10.8. The normalized spacial score (nSPS) is 14.4. The molecule has 0 aliphatic carbocycles. The summed E-state index contributed by atoms with van der Waals surface area (Å²) in [7, 11) is -2.23. The summed E-state index contributed by atoms with van der Waals surface area (Å²) in [5.74, 6) is -2.19. The zero-order valence-corrected chi connectivity index (χ0v) is 17.9. The van der Waals surface area contributed by atoms with Crippen molar-refractivity contribution < 1.29 is 22.8 Å². The highest BCUT2D eigenvalue weighted by Crippen LogP contribution is 2.76. The lowest BCUT2D eigenvalue weighted by atomic mass is 10.1. The second-order valence-corrected chi connectivity index (χ2v) is 14.9. The SMILES string of the molecule is CC(C)(C)P(=NC(=O)CCCC(=O)C(F)(F)F)(C(C)(C)C)C(C)(C)C. The maximum absolute atomic E-state index is 12.5. The minimum atomic E-state index is -4.83. The standard InChI is InChI=1S/C18H33F3NO2P/c1-15(2,3)25(16(4,5)6,17(7,8)9)22-14(24)12-10-11-13(23)18(19,20)21/h10-12H2,1-9H3. The van der Waals surface area contributed by atoms with Crippen LogP contribution in [0.15, 0.2) is 4.74 Å². The van der Waals surface area contributed by atoms with E-state index in [-0.39, 0.29) is 28.3 Å². The number of hydrogen-bond acceptors (Lipinski definition) is 2. The maximum Gasteiger partial charge on any atom is 0.449 e. The van der Waals surface area contributed by atoms with Crippen molar-refractivity contribution in [3.05, 3.63) is 0 Å². The molecule has 0 saturated heterocycles. The maximum atomic E-state index is 12.5. The number of ketones is 1. The third kappa shape index (κ3) is 5.67. The van der Waals surface area contributed by atoms with Crippen LogP contribution < -0.4 is 0 Å². The molecule has 0 N–H and O–H groups in total. The first-order valence-corrected chi connectivity index (χ1v) is 10.3. The van der Waals surface area contributed by atoms with E-state index in [2.05, 4.69) is 67.1 Å². The summed E-state index contributed by atoms with van der Waals surface area (Å²) >= 11 is 0. The number of carbonyl (C=O) groups is 2. The third-order valence-corrected chi connectivity index (χ3v) is 10.6. The predicted octanol–water partition coefficient (Wildman–Crippen LogP) is 6.41. The Labute approximate surface area is 150 Å². The van der Waals surface area contributed by atoms with Gasteiger partial charge in [0, 0.05) is 12.8 Å². The smallest absolute Gasteiger partial charge is 0.290 e. The van der Waals surface area contributed by atoms with Gasteiger partial charge in [0.05, 0.1) is 0 Å². The summed E-state index contributed by atoms with van der Waals surface area (Å²) in [5, 5.41) is -0.706. The lowest BCUT2D eigenvalue weighted by Crippen LogP contribution is -2.39. The van der Waals surface area contributed by atoms with Crippen LogP contribution in [0, 0.1) is 0 Å². The molecule has 0 radical (unpaired) electrons. The van der Waals surface area contributed by atoms with Gasteiger partial charge >= 0.3 is 6.18 Å². The van der Waals surface area contributed by atoms with E-state index in [1.807, 2.05) is 0 Å². The van der Waals surface area contributed by atoms with Crippen molar-refractivity contribution in [2.24, 2.45) is 4.74 Å². The minimum absolute atomic E-state index is 0.126. The van der Waals surface area contributed by atoms with Crippen molar-refractivity contribution in [2.45, 2.75) is 103 Å². The molecule has 0 spiro atoms. The van der Waals surface area contributed by atoms with Crippen LogP contribution in [0.25, 0.3) is 0 Å². The van der Waals surface area contributed by atoms with Crippen molar-refractivity contribution >= 4 is 18.7 Å². The van der Waals surface area contributed by atoms with Gasteiger partial charge in [-0.05, 0) is 28.9 Å². The molecule has 7 heteroatoms. The average molecular weight is 383 g/mol. The van der Waals surface area contributed by atoms with Crippen LogP contribution in [-0.2, 0) is 9.59 Å². The van der Waals surface area contributed by atoms with E-state index < -0.39 is 31.3 Å². The molecule has 0 aliphatic rings. The van der Waals surface area contributed by atoms with Crippen LogP contribution in [0.4, 0.5) is 13.2 Å². The van der Waals surface area contributed by atoms with E-state index >= 15 is 0 Å². The molecular weight excluding hydrogens is 350 g/mol. The molecule has 25 heavy (non-hydrogen) atoms. The largest absolute Gasteiger partial charge is 0.449 e. The van der Waals surface area contributed by atoms with Crippen LogP contribution in [0.1, 0.15) is 81.6 Å². The summed E-state index contributed by atoms with van der Waals surface area (Å²) < 4.78 is 41.4. The minimum Gasteiger partial charge on any atom is -0.290 e. The van der Waals surface area contributed by atoms with Crippen LogP contribution in [0.3, 0.4) is 0 Å². The third-order valence-electron chi connectivity index (χ3n) is 4.28. The Kier molecular flexibility index (Phi) is 7.35. The highest BCUT2D eigenvalue weighted by Gasteiger charge is 2.51. The van der Waals surface area contributed by atoms with E-state index in [4.69, 9.17) is 0 Å².